The molecule has 0 aliphatic rings. The number of hydrogen-bond donors (Lipinski definition) is 2. The molecule has 35 heavy (non-hydrogen) atoms. The highest BCUT2D eigenvalue weighted by Gasteiger charge is 2.21. The first kappa shape index (κ1) is 26.7. The molecule has 1 aromatic heterocycles. The van der Waals surface area contributed by atoms with Gasteiger partial charge in [-0.1, -0.05) is 65.8 Å². The number of hydrogen-bond acceptors (Lipinski definition) is 5. The second-order valence-corrected chi connectivity index (χ2v) is 10.3. The summed E-state index contributed by atoms with van der Waals surface area (Å²) in [5.41, 5.74) is 3.38. The van der Waals surface area contributed by atoms with Crippen molar-refractivity contribution in [1.82, 2.24) is 20.1 Å². The van der Waals surface area contributed by atoms with Crippen LogP contribution in [0.15, 0.2) is 64.7 Å². The van der Waals surface area contributed by atoms with Crippen molar-refractivity contribution in [3.8, 4) is 0 Å². The van der Waals surface area contributed by atoms with Crippen LogP contribution < -0.4 is 10.6 Å². The van der Waals surface area contributed by atoms with E-state index < -0.39 is 0 Å². The summed E-state index contributed by atoms with van der Waals surface area (Å²) in [5.74, 6) is 0.741. The lowest BCUT2D eigenvalue weighted by molar-refractivity contribution is -0.113. The number of halogens is 1. The summed E-state index contributed by atoms with van der Waals surface area (Å²) in [6.07, 6.45) is 1.74. The van der Waals surface area contributed by atoms with Gasteiger partial charge in [0.2, 0.25) is 5.91 Å². The van der Waals surface area contributed by atoms with Crippen molar-refractivity contribution < 1.29 is 9.59 Å². The van der Waals surface area contributed by atoms with Gasteiger partial charge in [0.15, 0.2) is 11.0 Å². The molecule has 0 spiro atoms. The van der Waals surface area contributed by atoms with Gasteiger partial charge in [-0.05, 0) is 55.2 Å². The first-order chi connectivity index (χ1) is 16.7. The van der Waals surface area contributed by atoms with Crippen molar-refractivity contribution in [2.24, 2.45) is 0 Å². The van der Waals surface area contributed by atoms with Crippen LogP contribution in [0.2, 0.25) is 0 Å². The number of carbonyl (C=O) groups is 2. The van der Waals surface area contributed by atoms with Crippen molar-refractivity contribution in [3.05, 3.63) is 82.1 Å². The molecule has 0 saturated carbocycles. The summed E-state index contributed by atoms with van der Waals surface area (Å²) in [6.45, 7) is 12.2. The minimum Gasteiger partial charge on any atom is -0.342 e. The number of aryl methyl sites for hydroxylation is 1. The van der Waals surface area contributed by atoms with E-state index >= 15 is 0 Å². The first-order valence-corrected chi connectivity index (χ1v) is 13.1. The molecule has 184 valence electrons. The van der Waals surface area contributed by atoms with Crippen LogP contribution in [0.5, 0.6) is 0 Å². The SMILES string of the molecule is C=CCn1c(SCC(=O)Nc2ccc(Br)cc2C(C)C)nnc1[C@H](C)NC(=O)c1ccccc1C. The number of carbonyl (C=O) groups excluding carboxylic acids is 2. The molecule has 9 heteroatoms. The molecular formula is C26H30BrN5O2S. The van der Waals surface area contributed by atoms with Gasteiger partial charge in [0.1, 0.15) is 0 Å². The van der Waals surface area contributed by atoms with Crippen LogP contribution in [0.25, 0.3) is 0 Å². The molecule has 2 amide bonds. The summed E-state index contributed by atoms with van der Waals surface area (Å²) >= 11 is 4.79. The monoisotopic (exact) mass is 555 g/mol. The highest BCUT2D eigenvalue weighted by molar-refractivity contribution is 9.10. The summed E-state index contributed by atoms with van der Waals surface area (Å²) in [5, 5.41) is 15.2. The van der Waals surface area contributed by atoms with E-state index in [1.54, 1.807) is 12.1 Å². The van der Waals surface area contributed by atoms with Gasteiger partial charge < -0.3 is 15.2 Å². The fraction of sp³-hybridized carbons (Fsp3) is 0.308. The Labute approximate surface area is 218 Å². The van der Waals surface area contributed by atoms with Gasteiger partial charge in [-0.25, -0.2) is 0 Å². The Morgan fingerprint density at radius 3 is 2.60 bits per heavy atom. The van der Waals surface area contributed by atoms with Gasteiger partial charge in [0, 0.05) is 22.3 Å². The fourth-order valence-electron chi connectivity index (χ4n) is 3.64. The van der Waals surface area contributed by atoms with E-state index in [4.69, 9.17) is 0 Å². The Morgan fingerprint density at radius 2 is 1.91 bits per heavy atom. The smallest absolute Gasteiger partial charge is 0.252 e. The minimum absolute atomic E-state index is 0.130. The quantitative estimate of drug-likeness (QED) is 0.241. The van der Waals surface area contributed by atoms with E-state index in [0.717, 1.165) is 21.3 Å². The number of aromatic nitrogens is 3. The summed E-state index contributed by atoms with van der Waals surface area (Å²) < 4.78 is 2.84. The molecule has 1 heterocycles. The van der Waals surface area contributed by atoms with Gasteiger partial charge in [-0.2, -0.15) is 0 Å². The number of allylic oxidation sites excluding steroid dienone is 1. The van der Waals surface area contributed by atoms with Crippen molar-refractivity contribution >= 4 is 45.2 Å². The van der Waals surface area contributed by atoms with Crippen LogP contribution in [-0.2, 0) is 11.3 Å². The molecule has 0 fully saturated rings. The molecule has 0 bridgehead atoms. The summed E-state index contributed by atoms with van der Waals surface area (Å²) in [7, 11) is 0. The van der Waals surface area contributed by atoms with Crippen molar-refractivity contribution in [2.45, 2.75) is 51.4 Å². The number of rotatable bonds is 10. The zero-order valence-corrected chi connectivity index (χ0v) is 22.7. The van der Waals surface area contributed by atoms with Crippen LogP contribution in [0.1, 0.15) is 60.0 Å². The van der Waals surface area contributed by atoms with Crippen LogP contribution in [0.3, 0.4) is 0 Å². The standard InChI is InChI=1S/C26H30BrN5O2S/c1-6-13-32-24(18(5)28-25(34)20-10-8-7-9-17(20)4)30-31-26(32)35-15-23(33)29-22-12-11-19(27)14-21(22)16(2)3/h6-12,14,16,18H,1,13,15H2,2-5H3,(H,28,34)(H,29,33)/t18-/m0/s1. The number of amides is 2. The lowest BCUT2D eigenvalue weighted by Crippen LogP contribution is -2.29. The first-order valence-electron chi connectivity index (χ1n) is 11.3. The molecule has 3 aromatic rings. The van der Waals surface area contributed by atoms with Crippen molar-refractivity contribution in [2.75, 3.05) is 11.1 Å². The Morgan fingerprint density at radius 1 is 1.17 bits per heavy atom. The van der Waals surface area contributed by atoms with Crippen LogP contribution in [-0.4, -0.2) is 32.3 Å². The molecule has 0 aliphatic heterocycles. The predicted octanol–water partition coefficient (Wildman–Crippen LogP) is 5.88. The molecule has 0 aliphatic carbocycles. The lowest BCUT2D eigenvalue weighted by atomic mass is 10.0. The topological polar surface area (TPSA) is 88.9 Å². The molecule has 1 atom stereocenters. The second-order valence-electron chi connectivity index (χ2n) is 8.47. The molecule has 3 rings (SSSR count). The maximum absolute atomic E-state index is 12.8. The Kier molecular flexibility index (Phi) is 9.28. The van der Waals surface area contributed by atoms with Crippen LogP contribution in [0, 0.1) is 6.92 Å². The predicted molar refractivity (Wildman–Crippen MR) is 145 cm³/mol. The number of nitrogens with zero attached hydrogens (tertiary/aromatic N) is 3. The molecular weight excluding hydrogens is 526 g/mol. The van der Waals surface area contributed by atoms with Crippen molar-refractivity contribution in [3.63, 3.8) is 0 Å². The van der Waals surface area contributed by atoms with Gasteiger partial charge >= 0.3 is 0 Å². The summed E-state index contributed by atoms with van der Waals surface area (Å²) in [6, 6.07) is 12.9. The van der Waals surface area contributed by atoms with Gasteiger partial charge in [-0.3, -0.25) is 9.59 Å². The number of nitrogens with one attached hydrogen (secondary N) is 2. The lowest BCUT2D eigenvalue weighted by Gasteiger charge is -2.16. The average molecular weight is 557 g/mol. The number of thioether (sulfide) groups is 1. The van der Waals surface area contributed by atoms with E-state index in [1.165, 1.54) is 11.8 Å². The van der Waals surface area contributed by atoms with E-state index in [0.29, 0.717) is 23.1 Å². The fourth-order valence-corrected chi connectivity index (χ4v) is 4.77. The largest absolute Gasteiger partial charge is 0.342 e. The third kappa shape index (κ3) is 6.82. The van der Waals surface area contributed by atoms with Gasteiger partial charge in [0.05, 0.1) is 11.8 Å². The molecule has 0 unspecified atom stereocenters. The summed E-state index contributed by atoms with van der Waals surface area (Å²) in [4.78, 5) is 25.5. The highest BCUT2D eigenvalue weighted by Crippen LogP contribution is 2.28. The number of anilines is 1. The second kappa shape index (κ2) is 12.2. The van der Waals surface area contributed by atoms with Crippen molar-refractivity contribution in [1.29, 1.82) is 0 Å². The molecule has 0 saturated heterocycles. The molecule has 2 N–H and O–H groups in total. The zero-order valence-electron chi connectivity index (χ0n) is 20.3. The molecule has 7 nitrogen and oxygen atoms in total. The van der Waals surface area contributed by atoms with E-state index in [-0.39, 0.29) is 29.5 Å². The maximum Gasteiger partial charge on any atom is 0.252 e. The Hall–Kier alpha value is -2.91. The van der Waals surface area contributed by atoms with E-state index in [9.17, 15) is 9.59 Å². The van der Waals surface area contributed by atoms with Crippen LogP contribution >= 0.6 is 27.7 Å². The van der Waals surface area contributed by atoms with E-state index in [2.05, 4.69) is 57.2 Å². The van der Waals surface area contributed by atoms with E-state index in [1.807, 2.05) is 54.8 Å². The highest BCUT2D eigenvalue weighted by atomic mass is 79.9. The average Bonchev–Trinajstić information content (AvgIpc) is 3.22. The maximum atomic E-state index is 12.8. The molecule has 0 radical (unpaired) electrons. The van der Waals surface area contributed by atoms with Gasteiger partial charge in [0.25, 0.3) is 5.91 Å². The number of benzene rings is 2. The minimum atomic E-state index is -0.380. The normalized spacial score (nSPS) is 11.8. The Balaban J connectivity index is 1.69. The Bertz CT molecular complexity index is 1220. The van der Waals surface area contributed by atoms with Crippen LogP contribution in [0.4, 0.5) is 5.69 Å². The third-order valence-corrected chi connectivity index (χ3v) is 6.88. The third-order valence-electron chi connectivity index (χ3n) is 5.42. The zero-order chi connectivity index (χ0) is 25.5. The van der Waals surface area contributed by atoms with Gasteiger partial charge in [-0.15, -0.1) is 16.8 Å². The molecule has 2 aromatic carbocycles.